The fourth-order valence-corrected chi connectivity index (χ4v) is 4.18. The zero-order valence-corrected chi connectivity index (χ0v) is 17.3. The van der Waals surface area contributed by atoms with E-state index in [4.69, 9.17) is 4.74 Å². The van der Waals surface area contributed by atoms with Crippen LogP contribution in [0.25, 0.3) is 5.69 Å². The molecule has 0 spiro atoms. The highest BCUT2D eigenvalue weighted by atomic mass is 16.6. The van der Waals surface area contributed by atoms with Crippen molar-refractivity contribution in [1.29, 1.82) is 0 Å². The molecular weight excluding hydrogens is 370 g/mol. The molecule has 2 atom stereocenters. The van der Waals surface area contributed by atoms with Crippen molar-refractivity contribution in [2.75, 3.05) is 19.6 Å². The number of carbonyl (C=O) groups excluding carboxylic acids is 2. The van der Waals surface area contributed by atoms with E-state index >= 15 is 0 Å². The van der Waals surface area contributed by atoms with E-state index in [-0.39, 0.29) is 24.0 Å². The van der Waals surface area contributed by atoms with Crippen LogP contribution in [0.1, 0.15) is 43.1 Å². The zero-order chi connectivity index (χ0) is 20.8. The van der Waals surface area contributed by atoms with Gasteiger partial charge >= 0.3 is 6.09 Å². The number of hydrogen-bond acceptors (Lipinski definition) is 5. The van der Waals surface area contributed by atoms with Crippen molar-refractivity contribution in [2.45, 2.75) is 45.8 Å². The number of aromatic nitrogens is 3. The Morgan fingerprint density at radius 1 is 1.10 bits per heavy atom. The second-order valence-corrected chi connectivity index (χ2v) is 8.94. The van der Waals surface area contributed by atoms with Gasteiger partial charge in [-0.1, -0.05) is 11.6 Å². The van der Waals surface area contributed by atoms with E-state index in [9.17, 15) is 9.59 Å². The average Bonchev–Trinajstić information content (AvgIpc) is 3.27. The minimum absolute atomic E-state index is 0.0105. The molecule has 0 radical (unpaired) electrons. The van der Waals surface area contributed by atoms with Crippen LogP contribution in [0.4, 0.5) is 4.79 Å². The SMILES string of the molecule is Cc1ccc(-n2nccn2)c(C(=O)N2CC3CC(C2)N(C(=O)OC(C)(C)C)C3)c1. The van der Waals surface area contributed by atoms with E-state index in [1.54, 1.807) is 17.3 Å². The third-order valence-electron chi connectivity index (χ3n) is 5.34. The molecule has 8 heteroatoms. The van der Waals surface area contributed by atoms with Gasteiger partial charge in [-0.2, -0.15) is 15.0 Å². The Hall–Kier alpha value is -2.90. The van der Waals surface area contributed by atoms with Crippen molar-refractivity contribution < 1.29 is 14.3 Å². The number of fused-ring (bicyclic) bond motifs is 2. The Bertz CT molecular complexity index is 919. The molecule has 2 aliphatic rings. The van der Waals surface area contributed by atoms with Gasteiger partial charge in [0.25, 0.3) is 5.91 Å². The second-order valence-electron chi connectivity index (χ2n) is 8.94. The Morgan fingerprint density at radius 3 is 2.52 bits per heavy atom. The lowest BCUT2D eigenvalue weighted by Crippen LogP contribution is -2.47. The van der Waals surface area contributed by atoms with Crippen molar-refractivity contribution in [3.8, 4) is 5.69 Å². The van der Waals surface area contributed by atoms with E-state index in [1.165, 1.54) is 4.80 Å². The van der Waals surface area contributed by atoms with Crippen molar-refractivity contribution in [2.24, 2.45) is 5.92 Å². The van der Waals surface area contributed by atoms with Crippen LogP contribution in [-0.2, 0) is 4.74 Å². The van der Waals surface area contributed by atoms with Crippen LogP contribution in [0.5, 0.6) is 0 Å². The summed E-state index contributed by atoms with van der Waals surface area (Å²) in [5, 5.41) is 8.36. The number of ether oxygens (including phenoxy) is 1. The first kappa shape index (κ1) is 19.4. The highest BCUT2D eigenvalue weighted by molar-refractivity contribution is 5.98. The molecule has 2 unspecified atom stereocenters. The lowest BCUT2D eigenvalue weighted by Gasteiger charge is -2.33. The zero-order valence-electron chi connectivity index (χ0n) is 17.3. The van der Waals surface area contributed by atoms with Crippen molar-refractivity contribution in [3.63, 3.8) is 0 Å². The summed E-state index contributed by atoms with van der Waals surface area (Å²) < 4.78 is 5.56. The number of likely N-dealkylation sites (tertiary alicyclic amines) is 2. The maximum absolute atomic E-state index is 13.4. The highest BCUT2D eigenvalue weighted by Gasteiger charge is 2.43. The lowest BCUT2D eigenvalue weighted by atomic mass is 9.98. The Balaban J connectivity index is 1.55. The number of carbonyl (C=O) groups is 2. The van der Waals surface area contributed by atoms with Crippen LogP contribution in [-0.4, -0.2) is 68.1 Å². The summed E-state index contributed by atoms with van der Waals surface area (Å²) in [6.45, 7) is 9.33. The van der Waals surface area contributed by atoms with E-state index in [0.717, 1.165) is 12.0 Å². The molecule has 0 aliphatic carbocycles. The smallest absolute Gasteiger partial charge is 0.410 e. The van der Waals surface area contributed by atoms with Crippen LogP contribution < -0.4 is 0 Å². The molecule has 0 N–H and O–H groups in total. The molecule has 0 saturated carbocycles. The number of amides is 2. The summed E-state index contributed by atoms with van der Waals surface area (Å²) >= 11 is 0. The summed E-state index contributed by atoms with van der Waals surface area (Å²) in [6.07, 6.45) is 3.79. The fraction of sp³-hybridized carbons (Fsp3) is 0.524. The summed E-state index contributed by atoms with van der Waals surface area (Å²) in [6, 6.07) is 5.68. The van der Waals surface area contributed by atoms with Crippen molar-refractivity contribution >= 4 is 12.0 Å². The Labute approximate surface area is 170 Å². The van der Waals surface area contributed by atoms with Gasteiger partial charge in [-0.05, 0) is 52.2 Å². The maximum atomic E-state index is 13.4. The van der Waals surface area contributed by atoms with Gasteiger partial charge in [0.05, 0.1) is 29.7 Å². The number of aryl methyl sites for hydroxylation is 1. The molecule has 4 rings (SSSR count). The number of benzene rings is 1. The number of nitrogens with zero attached hydrogens (tertiary/aromatic N) is 5. The van der Waals surface area contributed by atoms with Gasteiger partial charge in [-0.15, -0.1) is 0 Å². The fourth-order valence-electron chi connectivity index (χ4n) is 4.18. The molecule has 154 valence electrons. The highest BCUT2D eigenvalue weighted by Crippen LogP contribution is 2.32. The van der Waals surface area contributed by atoms with Crippen molar-refractivity contribution in [1.82, 2.24) is 24.8 Å². The Morgan fingerprint density at radius 2 is 1.83 bits per heavy atom. The van der Waals surface area contributed by atoms with E-state index in [1.807, 2.05) is 50.8 Å². The van der Waals surface area contributed by atoms with Gasteiger partial charge in [-0.25, -0.2) is 4.79 Å². The van der Waals surface area contributed by atoms with E-state index in [0.29, 0.717) is 30.9 Å². The standard InChI is InChI=1S/C21H27N5O3/c1-14-5-6-18(26-22-7-8-23-26)17(9-14)19(27)24-11-15-10-16(13-24)25(12-15)20(28)29-21(2,3)4/h5-9,15-16H,10-13H2,1-4H3. The van der Waals surface area contributed by atoms with Crippen molar-refractivity contribution in [3.05, 3.63) is 41.7 Å². The van der Waals surface area contributed by atoms with E-state index < -0.39 is 5.60 Å². The Kier molecular flexibility index (Phi) is 4.80. The van der Waals surface area contributed by atoms with Gasteiger partial charge in [0.1, 0.15) is 5.60 Å². The predicted octanol–water partition coefficient (Wildman–Crippen LogP) is 2.66. The number of hydrogen-bond donors (Lipinski definition) is 0. The summed E-state index contributed by atoms with van der Waals surface area (Å²) in [5.74, 6) is 0.211. The largest absolute Gasteiger partial charge is 0.444 e. The molecule has 2 fully saturated rings. The minimum Gasteiger partial charge on any atom is -0.444 e. The maximum Gasteiger partial charge on any atom is 0.410 e. The van der Waals surface area contributed by atoms with Gasteiger partial charge in [0, 0.05) is 19.6 Å². The first-order valence-electron chi connectivity index (χ1n) is 9.97. The third-order valence-corrected chi connectivity index (χ3v) is 5.34. The average molecular weight is 397 g/mol. The molecule has 2 aliphatic heterocycles. The predicted molar refractivity (Wildman–Crippen MR) is 107 cm³/mol. The normalized spacial score (nSPS) is 21.4. The first-order valence-corrected chi connectivity index (χ1v) is 9.97. The second kappa shape index (κ2) is 7.17. The van der Waals surface area contributed by atoms with Gasteiger partial charge < -0.3 is 14.5 Å². The first-order chi connectivity index (χ1) is 13.7. The van der Waals surface area contributed by atoms with Gasteiger partial charge in [0.15, 0.2) is 0 Å². The quantitative estimate of drug-likeness (QED) is 0.778. The van der Waals surface area contributed by atoms with Crippen LogP contribution in [0.3, 0.4) is 0 Å². The third kappa shape index (κ3) is 3.97. The monoisotopic (exact) mass is 397 g/mol. The molecule has 2 saturated heterocycles. The van der Waals surface area contributed by atoms with Gasteiger partial charge in [-0.3, -0.25) is 4.79 Å². The molecule has 3 heterocycles. The number of piperidine rings is 1. The molecule has 1 aromatic carbocycles. The van der Waals surface area contributed by atoms with Gasteiger partial charge in [0.2, 0.25) is 0 Å². The summed E-state index contributed by atoms with van der Waals surface area (Å²) in [4.78, 5) is 31.1. The van der Waals surface area contributed by atoms with Crippen LogP contribution in [0.2, 0.25) is 0 Å². The topological polar surface area (TPSA) is 80.6 Å². The minimum atomic E-state index is -0.531. The van der Waals surface area contributed by atoms with E-state index in [2.05, 4.69) is 10.2 Å². The number of rotatable bonds is 2. The van der Waals surface area contributed by atoms with Crippen LogP contribution in [0.15, 0.2) is 30.6 Å². The summed E-state index contributed by atoms with van der Waals surface area (Å²) in [7, 11) is 0. The molecule has 2 bridgehead atoms. The molecule has 2 amide bonds. The molecule has 2 aromatic rings. The lowest BCUT2D eigenvalue weighted by molar-refractivity contribution is 0.0207. The molecule has 1 aromatic heterocycles. The summed E-state index contributed by atoms with van der Waals surface area (Å²) in [5.41, 5.74) is 1.70. The molecular formula is C21H27N5O3. The van der Waals surface area contributed by atoms with Crippen LogP contribution >= 0.6 is 0 Å². The van der Waals surface area contributed by atoms with Crippen LogP contribution in [0, 0.1) is 12.8 Å². The molecule has 8 nitrogen and oxygen atoms in total. The molecule has 29 heavy (non-hydrogen) atoms.